The third-order valence-electron chi connectivity index (χ3n) is 4.98. The van der Waals surface area contributed by atoms with E-state index in [9.17, 15) is 4.79 Å². The Hall–Kier alpha value is -2.51. The van der Waals surface area contributed by atoms with Crippen molar-refractivity contribution in [2.24, 2.45) is 5.41 Å². The Bertz CT molecular complexity index is 704. The summed E-state index contributed by atoms with van der Waals surface area (Å²) in [7, 11) is 1.67. The summed E-state index contributed by atoms with van der Waals surface area (Å²) in [5.41, 5.74) is 2.13. The summed E-state index contributed by atoms with van der Waals surface area (Å²) in [5, 5.41) is 3.62. The fourth-order valence-electron chi connectivity index (χ4n) is 3.73. The van der Waals surface area contributed by atoms with Crippen molar-refractivity contribution in [2.75, 3.05) is 12.4 Å². The lowest BCUT2D eigenvalue weighted by atomic mass is 9.77. The van der Waals surface area contributed by atoms with Crippen molar-refractivity contribution in [3.63, 3.8) is 0 Å². The van der Waals surface area contributed by atoms with Gasteiger partial charge in [0.1, 0.15) is 11.7 Å². The molecule has 1 aliphatic carbocycles. The van der Waals surface area contributed by atoms with Crippen LogP contribution in [0, 0.1) is 5.41 Å². The van der Waals surface area contributed by atoms with E-state index in [2.05, 4.69) is 35.5 Å². The van der Waals surface area contributed by atoms with E-state index in [4.69, 9.17) is 4.74 Å². The van der Waals surface area contributed by atoms with Gasteiger partial charge in [0.25, 0.3) is 0 Å². The smallest absolute Gasteiger partial charge is 0.120 e. The van der Waals surface area contributed by atoms with Gasteiger partial charge in [-0.05, 0) is 49.1 Å². The number of hydrogen-bond donors (Lipinski definition) is 1. The average molecular weight is 321 g/mol. The maximum Gasteiger partial charge on any atom is 0.120 e. The van der Waals surface area contributed by atoms with Gasteiger partial charge in [-0.1, -0.05) is 36.8 Å². The molecule has 3 heteroatoms. The van der Waals surface area contributed by atoms with Crippen molar-refractivity contribution in [2.45, 2.75) is 31.7 Å². The third kappa shape index (κ3) is 3.52. The van der Waals surface area contributed by atoms with Gasteiger partial charge in [-0.3, -0.25) is 0 Å². The van der Waals surface area contributed by atoms with Crippen molar-refractivity contribution in [1.82, 2.24) is 0 Å². The van der Waals surface area contributed by atoms with Crippen LogP contribution in [-0.4, -0.2) is 19.1 Å². The highest BCUT2D eigenvalue weighted by Crippen LogP contribution is 2.43. The lowest BCUT2D eigenvalue weighted by molar-refractivity contribution is 0.362. The molecular formula is C21H23NO2. The summed E-state index contributed by atoms with van der Waals surface area (Å²) in [6.07, 6.45) is 5.77. The molecule has 0 bridgehead atoms. The van der Waals surface area contributed by atoms with Crippen LogP contribution in [0.1, 0.15) is 24.8 Å². The van der Waals surface area contributed by atoms with Crippen LogP contribution in [0.3, 0.4) is 0 Å². The van der Waals surface area contributed by atoms with Gasteiger partial charge in [-0.2, -0.15) is 0 Å². The predicted octanol–water partition coefficient (Wildman–Crippen LogP) is 4.28. The molecule has 1 aliphatic rings. The highest BCUT2D eigenvalue weighted by atomic mass is 16.5. The largest absolute Gasteiger partial charge is 0.497 e. The fourth-order valence-corrected chi connectivity index (χ4v) is 3.73. The summed E-state index contributed by atoms with van der Waals surface area (Å²) < 4.78 is 5.21. The first-order valence-corrected chi connectivity index (χ1v) is 8.42. The zero-order valence-corrected chi connectivity index (χ0v) is 14.0. The minimum absolute atomic E-state index is 0.178. The molecule has 1 saturated carbocycles. The second-order valence-corrected chi connectivity index (χ2v) is 6.48. The van der Waals surface area contributed by atoms with E-state index in [-0.39, 0.29) is 11.5 Å². The Balaban J connectivity index is 1.82. The molecule has 3 rings (SSSR count). The minimum Gasteiger partial charge on any atom is -0.497 e. The Labute approximate surface area is 143 Å². The lowest BCUT2D eigenvalue weighted by Gasteiger charge is -2.33. The zero-order valence-electron chi connectivity index (χ0n) is 14.0. The highest BCUT2D eigenvalue weighted by Gasteiger charge is 2.41. The molecule has 0 amide bonds. The van der Waals surface area contributed by atoms with Crippen LogP contribution in [0.4, 0.5) is 5.69 Å². The molecule has 2 atom stereocenters. The van der Waals surface area contributed by atoms with Gasteiger partial charge in [0.15, 0.2) is 0 Å². The molecule has 2 aromatic rings. The summed E-state index contributed by atoms with van der Waals surface area (Å²) in [6, 6.07) is 18.6. The van der Waals surface area contributed by atoms with E-state index in [0.717, 1.165) is 37.1 Å². The molecule has 0 radical (unpaired) electrons. The van der Waals surface area contributed by atoms with Crippen LogP contribution < -0.4 is 10.1 Å². The number of ether oxygens (including phenoxy) is 1. The van der Waals surface area contributed by atoms with E-state index in [0.29, 0.717) is 0 Å². The molecule has 24 heavy (non-hydrogen) atoms. The number of rotatable bonds is 6. The Morgan fingerprint density at radius 3 is 2.62 bits per heavy atom. The lowest BCUT2D eigenvalue weighted by Crippen LogP contribution is -2.36. The normalized spacial score (nSPS) is 22.6. The summed E-state index contributed by atoms with van der Waals surface area (Å²) in [4.78, 5) is 11.2. The van der Waals surface area contributed by atoms with Gasteiger partial charge >= 0.3 is 0 Å². The van der Waals surface area contributed by atoms with Gasteiger partial charge in [-0.25, -0.2) is 4.79 Å². The van der Waals surface area contributed by atoms with Gasteiger partial charge in [0, 0.05) is 23.2 Å². The number of carbonyl (C=O) groups excluding carboxylic acids is 1. The quantitative estimate of drug-likeness (QED) is 0.807. The Morgan fingerprint density at radius 2 is 1.96 bits per heavy atom. The van der Waals surface area contributed by atoms with E-state index < -0.39 is 0 Å². The van der Waals surface area contributed by atoms with Crippen molar-refractivity contribution in [3.05, 3.63) is 66.2 Å². The highest BCUT2D eigenvalue weighted by molar-refractivity contribution is 5.52. The van der Waals surface area contributed by atoms with Crippen LogP contribution in [0.25, 0.3) is 0 Å². The first-order chi connectivity index (χ1) is 11.8. The number of nitrogens with one attached hydrogen (secondary N) is 1. The maximum atomic E-state index is 11.2. The summed E-state index contributed by atoms with van der Waals surface area (Å²) in [6.45, 7) is 0. The monoisotopic (exact) mass is 321 g/mol. The van der Waals surface area contributed by atoms with Crippen molar-refractivity contribution < 1.29 is 9.53 Å². The van der Waals surface area contributed by atoms with E-state index >= 15 is 0 Å². The summed E-state index contributed by atoms with van der Waals surface area (Å²) >= 11 is 0. The standard InChI is InChI=1S/C21H23NO2/c1-24-19-11-9-18(10-12-19)22-20-8-5-13-21(20,14-15-23)16-17-6-3-2-4-7-17/h2-4,6-7,9-12,14,20,22H,5,8,13,16H2,1H3. The minimum atomic E-state index is -0.178. The number of benzene rings is 2. The second kappa shape index (κ2) is 7.37. The molecule has 2 aromatic carbocycles. The molecule has 0 heterocycles. The van der Waals surface area contributed by atoms with Gasteiger partial charge in [0.05, 0.1) is 7.11 Å². The predicted molar refractivity (Wildman–Crippen MR) is 97.1 cm³/mol. The second-order valence-electron chi connectivity index (χ2n) is 6.48. The SMILES string of the molecule is COc1ccc(NC2CCCC2(C=C=O)Cc2ccccc2)cc1. The van der Waals surface area contributed by atoms with Gasteiger partial charge in [0.2, 0.25) is 0 Å². The topological polar surface area (TPSA) is 38.3 Å². The molecule has 124 valence electrons. The molecule has 1 fully saturated rings. The van der Waals surface area contributed by atoms with E-state index in [1.807, 2.05) is 30.3 Å². The number of methoxy groups -OCH3 is 1. The average Bonchev–Trinajstić information content (AvgIpc) is 2.99. The van der Waals surface area contributed by atoms with Crippen LogP contribution in [0.15, 0.2) is 60.7 Å². The first kappa shape index (κ1) is 16.4. The number of anilines is 1. The Kier molecular flexibility index (Phi) is 5.02. The van der Waals surface area contributed by atoms with Crippen molar-refractivity contribution in [1.29, 1.82) is 0 Å². The zero-order chi connectivity index (χ0) is 16.8. The molecule has 3 nitrogen and oxygen atoms in total. The molecule has 0 spiro atoms. The van der Waals surface area contributed by atoms with E-state index in [1.165, 1.54) is 5.56 Å². The van der Waals surface area contributed by atoms with Crippen molar-refractivity contribution >= 4 is 11.6 Å². The van der Waals surface area contributed by atoms with Crippen LogP contribution >= 0.6 is 0 Å². The third-order valence-corrected chi connectivity index (χ3v) is 4.98. The summed E-state index contributed by atoms with van der Waals surface area (Å²) in [5.74, 6) is 2.91. The molecular weight excluding hydrogens is 298 g/mol. The fraction of sp³-hybridized carbons (Fsp3) is 0.333. The van der Waals surface area contributed by atoms with Crippen LogP contribution in [0.5, 0.6) is 5.75 Å². The number of hydrogen-bond acceptors (Lipinski definition) is 3. The van der Waals surface area contributed by atoms with E-state index in [1.54, 1.807) is 13.2 Å². The van der Waals surface area contributed by atoms with Gasteiger partial charge < -0.3 is 10.1 Å². The van der Waals surface area contributed by atoms with Crippen LogP contribution in [0.2, 0.25) is 0 Å². The molecule has 0 aliphatic heterocycles. The first-order valence-electron chi connectivity index (χ1n) is 8.42. The Morgan fingerprint density at radius 1 is 1.21 bits per heavy atom. The van der Waals surface area contributed by atoms with Crippen LogP contribution in [-0.2, 0) is 11.2 Å². The molecule has 2 unspecified atom stereocenters. The maximum absolute atomic E-state index is 11.2. The van der Waals surface area contributed by atoms with Crippen molar-refractivity contribution in [3.8, 4) is 5.75 Å². The molecule has 0 saturated heterocycles. The molecule has 1 N–H and O–H groups in total. The molecule has 0 aromatic heterocycles. The van der Waals surface area contributed by atoms with Gasteiger partial charge in [-0.15, -0.1) is 0 Å².